The Hall–Kier alpha value is -0.810. The molecule has 0 bridgehead atoms. The fourth-order valence-corrected chi connectivity index (χ4v) is 2.85. The highest BCUT2D eigenvalue weighted by Crippen LogP contribution is 2.20. The Kier molecular flexibility index (Phi) is 8.18. The molecule has 1 N–H and O–H groups in total. The smallest absolute Gasteiger partial charge is 0.410 e. The van der Waals surface area contributed by atoms with Crippen molar-refractivity contribution in [3.63, 3.8) is 0 Å². The maximum absolute atomic E-state index is 12.2. The molecule has 1 fully saturated rings. The minimum atomic E-state index is -0.415. The summed E-state index contributed by atoms with van der Waals surface area (Å²) in [4.78, 5) is 16.5. The van der Waals surface area contributed by atoms with E-state index < -0.39 is 5.60 Å². The lowest BCUT2D eigenvalue weighted by Crippen LogP contribution is -2.44. The molecule has 0 spiro atoms. The second-order valence-electron chi connectivity index (χ2n) is 7.05. The monoisotopic (exact) mass is 313 g/mol. The van der Waals surface area contributed by atoms with Crippen molar-refractivity contribution in [2.45, 2.75) is 65.5 Å². The number of hydrogen-bond acceptors (Lipinski definition) is 4. The van der Waals surface area contributed by atoms with E-state index in [1.54, 1.807) is 0 Å². The van der Waals surface area contributed by atoms with Crippen molar-refractivity contribution < 1.29 is 9.53 Å². The summed E-state index contributed by atoms with van der Waals surface area (Å²) in [7, 11) is 0. The van der Waals surface area contributed by atoms with Gasteiger partial charge < -0.3 is 19.9 Å². The van der Waals surface area contributed by atoms with Gasteiger partial charge in [0.2, 0.25) is 0 Å². The number of nitrogens with one attached hydrogen (secondary N) is 1. The second kappa shape index (κ2) is 9.36. The van der Waals surface area contributed by atoms with Gasteiger partial charge in [0.15, 0.2) is 0 Å². The first-order valence-electron chi connectivity index (χ1n) is 8.80. The summed E-state index contributed by atoms with van der Waals surface area (Å²) in [6.45, 7) is 16.2. The fraction of sp³-hybridized carbons (Fsp3) is 0.941. The van der Waals surface area contributed by atoms with E-state index in [4.69, 9.17) is 4.74 Å². The number of carbonyl (C=O) groups is 1. The van der Waals surface area contributed by atoms with Gasteiger partial charge >= 0.3 is 6.09 Å². The van der Waals surface area contributed by atoms with Crippen molar-refractivity contribution in [2.24, 2.45) is 0 Å². The Morgan fingerprint density at radius 1 is 1.32 bits per heavy atom. The quantitative estimate of drug-likeness (QED) is 0.700. The van der Waals surface area contributed by atoms with Gasteiger partial charge in [-0.2, -0.15) is 0 Å². The van der Waals surface area contributed by atoms with E-state index in [1.807, 2.05) is 25.7 Å². The molecule has 1 atom stereocenters. The summed E-state index contributed by atoms with van der Waals surface area (Å²) < 4.78 is 5.49. The summed E-state index contributed by atoms with van der Waals surface area (Å²) >= 11 is 0. The third-order valence-corrected chi connectivity index (χ3v) is 4.11. The molecule has 0 radical (unpaired) electrons. The van der Waals surface area contributed by atoms with E-state index in [0.29, 0.717) is 0 Å². The van der Waals surface area contributed by atoms with E-state index in [9.17, 15) is 4.79 Å². The molecule has 1 aliphatic rings. The van der Waals surface area contributed by atoms with Gasteiger partial charge in [0.25, 0.3) is 0 Å². The van der Waals surface area contributed by atoms with Crippen LogP contribution in [-0.2, 0) is 4.74 Å². The van der Waals surface area contributed by atoms with Gasteiger partial charge in [0, 0.05) is 19.1 Å². The largest absolute Gasteiger partial charge is 0.444 e. The van der Waals surface area contributed by atoms with Gasteiger partial charge in [-0.1, -0.05) is 13.8 Å². The van der Waals surface area contributed by atoms with E-state index in [1.165, 1.54) is 0 Å². The van der Waals surface area contributed by atoms with Crippen molar-refractivity contribution in [2.75, 3.05) is 39.3 Å². The Bertz CT molecular complexity index is 324. The predicted octanol–water partition coefficient (Wildman–Crippen LogP) is 2.71. The molecule has 5 heteroatoms. The zero-order chi connectivity index (χ0) is 16.6. The molecule has 1 heterocycles. The molecule has 5 nitrogen and oxygen atoms in total. The number of carbonyl (C=O) groups excluding carboxylic acids is 1. The standard InChI is InChI=1S/C17H35N3O2/c1-6-19(7-2)12-9-11-18-14-15-10-8-13-20(15)16(21)22-17(3,4)5/h15,18H,6-14H2,1-5H3. The molecular weight excluding hydrogens is 278 g/mol. The molecule has 0 aromatic heterocycles. The van der Waals surface area contributed by atoms with Crippen LogP contribution in [0.1, 0.15) is 53.9 Å². The first kappa shape index (κ1) is 19.2. The molecule has 1 unspecified atom stereocenters. The number of likely N-dealkylation sites (tertiary alicyclic amines) is 1. The zero-order valence-electron chi connectivity index (χ0n) is 15.2. The molecule has 1 rings (SSSR count). The Balaban J connectivity index is 2.25. The third kappa shape index (κ3) is 6.97. The lowest BCUT2D eigenvalue weighted by Gasteiger charge is -2.28. The molecule has 0 aliphatic carbocycles. The average Bonchev–Trinajstić information content (AvgIpc) is 2.89. The first-order valence-corrected chi connectivity index (χ1v) is 8.80. The Morgan fingerprint density at radius 2 is 2.00 bits per heavy atom. The molecule has 1 saturated heterocycles. The highest BCUT2D eigenvalue weighted by molar-refractivity contribution is 5.69. The maximum Gasteiger partial charge on any atom is 0.410 e. The number of hydrogen-bond donors (Lipinski definition) is 1. The molecular formula is C17H35N3O2. The fourth-order valence-electron chi connectivity index (χ4n) is 2.85. The van der Waals surface area contributed by atoms with E-state index in [0.717, 1.165) is 58.5 Å². The molecule has 1 amide bonds. The lowest BCUT2D eigenvalue weighted by molar-refractivity contribution is 0.0226. The Labute approximate surface area is 136 Å². The van der Waals surface area contributed by atoms with Crippen LogP contribution in [0.4, 0.5) is 4.79 Å². The number of ether oxygens (including phenoxy) is 1. The van der Waals surface area contributed by atoms with Crippen molar-refractivity contribution in [1.29, 1.82) is 0 Å². The van der Waals surface area contributed by atoms with Crippen LogP contribution >= 0.6 is 0 Å². The minimum absolute atomic E-state index is 0.167. The topological polar surface area (TPSA) is 44.8 Å². The number of nitrogens with zero attached hydrogens (tertiary/aromatic N) is 2. The van der Waals surface area contributed by atoms with Crippen LogP contribution in [0, 0.1) is 0 Å². The van der Waals surface area contributed by atoms with E-state index in [-0.39, 0.29) is 12.1 Å². The van der Waals surface area contributed by atoms with Crippen molar-refractivity contribution >= 4 is 6.09 Å². The van der Waals surface area contributed by atoms with Gasteiger partial charge in [0.05, 0.1) is 0 Å². The summed E-state index contributed by atoms with van der Waals surface area (Å²) in [6, 6.07) is 0.281. The molecule has 22 heavy (non-hydrogen) atoms. The van der Waals surface area contributed by atoms with Crippen LogP contribution in [0.15, 0.2) is 0 Å². The van der Waals surface area contributed by atoms with E-state index in [2.05, 4.69) is 24.1 Å². The average molecular weight is 313 g/mol. The zero-order valence-corrected chi connectivity index (χ0v) is 15.2. The van der Waals surface area contributed by atoms with Crippen LogP contribution in [0.25, 0.3) is 0 Å². The summed E-state index contributed by atoms with van der Waals surface area (Å²) in [5, 5.41) is 3.50. The van der Waals surface area contributed by atoms with Crippen LogP contribution in [0.3, 0.4) is 0 Å². The second-order valence-corrected chi connectivity index (χ2v) is 7.05. The molecule has 1 aliphatic heterocycles. The van der Waals surface area contributed by atoms with Crippen LogP contribution < -0.4 is 5.32 Å². The normalized spacial score (nSPS) is 19.0. The number of amides is 1. The molecule has 130 valence electrons. The van der Waals surface area contributed by atoms with Crippen LogP contribution in [0.5, 0.6) is 0 Å². The van der Waals surface area contributed by atoms with Gasteiger partial charge in [0.1, 0.15) is 5.60 Å². The lowest BCUT2D eigenvalue weighted by atomic mass is 10.2. The maximum atomic E-state index is 12.2. The van der Waals surface area contributed by atoms with Gasteiger partial charge in [-0.05, 0) is 66.2 Å². The predicted molar refractivity (Wildman–Crippen MR) is 91.2 cm³/mol. The molecule has 0 saturated carbocycles. The molecule has 0 aromatic rings. The highest BCUT2D eigenvalue weighted by Gasteiger charge is 2.31. The summed E-state index contributed by atoms with van der Waals surface area (Å²) in [5.41, 5.74) is -0.415. The van der Waals surface area contributed by atoms with Gasteiger partial charge in [-0.15, -0.1) is 0 Å². The summed E-state index contributed by atoms with van der Waals surface area (Å²) in [6.07, 6.45) is 3.13. The molecule has 0 aromatic carbocycles. The number of rotatable bonds is 8. The Morgan fingerprint density at radius 3 is 2.59 bits per heavy atom. The minimum Gasteiger partial charge on any atom is -0.444 e. The summed E-state index contributed by atoms with van der Waals surface area (Å²) in [5.74, 6) is 0. The SMILES string of the molecule is CCN(CC)CCCNCC1CCCN1C(=O)OC(C)(C)C. The van der Waals surface area contributed by atoms with Crippen molar-refractivity contribution in [1.82, 2.24) is 15.1 Å². The van der Waals surface area contributed by atoms with Crippen LogP contribution in [-0.4, -0.2) is 66.8 Å². The first-order chi connectivity index (χ1) is 10.4. The van der Waals surface area contributed by atoms with Gasteiger partial charge in [-0.3, -0.25) is 0 Å². The van der Waals surface area contributed by atoms with Crippen molar-refractivity contribution in [3.8, 4) is 0 Å². The van der Waals surface area contributed by atoms with Crippen molar-refractivity contribution in [3.05, 3.63) is 0 Å². The van der Waals surface area contributed by atoms with Gasteiger partial charge in [-0.25, -0.2) is 4.79 Å². The van der Waals surface area contributed by atoms with E-state index >= 15 is 0 Å². The van der Waals surface area contributed by atoms with Crippen LogP contribution in [0.2, 0.25) is 0 Å². The third-order valence-electron chi connectivity index (χ3n) is 4.11. The highest BCUT2D eigenvalue weighted by atomic mass is 16.6.